The average molecular weight is 222 g/mol. The SMILES string of the molecule is COC(=O)c1cc(O)c2c(c1)OCC2(C)C. The molecule has 0 spiro atoms. The summed E-state index contributed by atoms with van der Waals surface area (Å²) in [4.78, 5) is 11.3. The van der Waals surface area contributed by atoms with Gasteiger partial charge in [0.25, 0.3) is 0 Å². The topological polar surface area (TPSA) is 55.8 Å². The molecule has 0 saturated carbocycles. The molecule has 1 N–H and O–H groups in total. The van der Waals surface area contributed by atoms with Crippen molar-refractivity contribution in [2.24, 2.45) is 0 Å². The molecule has 0 fully saturated rings. The molecule has 0 aromatic heterocycles. The summed E-state index contributed by atoms with van der Waals surface area (Å²) in [6.07, 6.45) is 0. The van der Waals surface area contributed by atoms with Crippen LogP contribution in [-0.4, -0.2) is 24.8 Å². The van der Waals surface area contributed by atoms with Crippen molar-refractivity contribution in [2.75, 3.05) is 13.7 Å². The Bertz CT molecular complexity index is 449. The van der Waals surface area contributed by atoms with Crippen molar-refractivity contribution in [3.63, 3.8) is 0 Å². The molecule has 0 unspecified atom stereocenters. The molecule has 2 rings (SSSR count). The number of carbonyl (C=O) groups is 1. The van der Waals surface area contributed by atoms with Gasteiger partial charge in [0.1, 0.15) is 11.5 Å². The standard InChI is InChI=1S/C12H14O4/c1-12(2)6-16-9-5-7(11(14)15-3)4-8(13)10(9)12/h4-5,13H,6H2,1-3H3. The van der Waals surface area contributed by atoms with Crippen molar-refractivity contribution in [3.8, 4) is 11.5 Å². The van der Waals surface area contributed by atoms with Crippen LogP contribution in [0.15, 0.2) is 12.1 Å². The van der Waals surface area contributed by atoms with E-state index in [0.29, 0.717) is 17.9 Å². The van der Waals surface area contributed by atoms with Crippen molar-refractivity contribution >= 4 is 5.97 Å². The number of esters is 1. The molecule has 0 atom stereocenters. The van der Waals surface area contributed by atoms with Crippen LogP contribution in [0.3, 0.4) is 0 Å². The average Bonchev–Trinajstić information content (AvgIpc) is 2.53. The van der Waals surface area contributed by atoms with Gasteiger partial charge in [0.05, 0.1) is 19.3 Å². The Morgan fingerprint density at radius 2 is 2.19 bits per heavy atom. The van der Waals surface area contributed by atoms with Crippen LogP contribution in [0.5, 0.6) is 11.5 Å². The van der Waals surface area contributed by atoms with E-state index in [-0.39, 0.29) is 11.2 Å². The molecule has 0 saturated heterocycles. The smallest absolute Gasteiger partial charge is 0.338 e. The van der Waals surface area contributed by atoms with Gasteiger partial charge in [-0.25, -0.2) is 4.79 Å². The molecule has 0 aliphatic carbocycles. The second-order valence-corrected chi connectivity index (χ2v) is 4.53. The van der Waals surface area contributed by atoms with Crippen LogP contribution >= 0.6 is 0 Å². The van der Waals surface area contributed by atoms with E-state index in [4.69, 9.17) is 4.74 Å². The first-order chi connectivity index (χ1) is 7.45. The van der Waals surface area contributed by atoms with E-state index < -0.39 is 5.97 Å². The molecule has 1 aromatic carbocycles. The van der Waals surface area contributed by atoms with Crippen molar-refractivity contribution < 1.29 is 19.4 Å². The molecular formula is C12H14O4. The second-order valence-electron chi connectivity index (χ2n) is 4.53. The third kappa shape index (κ3) is 1.50. The maximum absolute atomic E-state index is 11.3. The zero-order valence-corrected chi connectivity index (χ0v) is 9.53. The summed E-state index contributed by atoms with van der Waals surface area (Å²) in [5.41, 5.74) is 0.824. The van der Waals surface area contributed by atoms with Crippen LogP contribution < -0.4 is 4.74 Å². The number of benzene rings is 1. The van der Waals surface area contributed by atoms with Gasteiger partial charge >= 0.3 is 5.97 Å². The summed E-state index contributed by atoms with van der Waals surface area (Å²) < 4.78 is 10.1. The lowest BCUT2D eigenvalue weighted by Gasteiger charge is -2.16. The number of phenols is 1. The van der Waals surface area contributed by atoms with Gasteiger partial charge in [0.2, 0.25) is 0 Å². The highest BCUT2D eigenvalue weighted by Crippen LogP contribution is 2.44. The maximum Gasteiger partial charge on any atom is 0.338 e. The first-order valence-electron chi connectivity index (χ1n) is 5.04. The summed E-state index contributed by atoms with van der Waals surface area (Å²) in [6, 6.07) is 3.02. The van der Waals surface area contributed by atoms with Crippen LogP contribution in [-0.2, 0) is 10.2 Å². The predicted molar refractivity (Wildman–Crippen MR) is 58.0 cm³/mol. The highest BCUT2D eigenvalue weighted by atomic mass is 16.5. The summed E-state index contributed by atoms with van der Waals surface area (Å²) in [5.74, 6) is 0.164. The molecule has 1 aliphatic heterocycles. The summed E-state index contributed by atoms with van der Waals surface area (Å²) in [7, 11) is 1.30. The summed E-state index contributed by atoms with van der Waals surface area (Å²) in [6.45, 7) is 4.47. The molecular weight excluding hydrogens is 208 g/mol. The highest BCUT2D eigenvalue weighted by Gasteiger charge is 2.35. The Morgan fingerprint density at radius 1 is 1.50 bits per heavy atom. The van der Waals surface area contributed by atoms with Crippen molar-refractivity contribution in [2.45, 2.75) is 19.3 Å². The van der Waals surface area contributed by atoms with E-state index in [2.05, 4.69) is 4.74 Å². The third-order valence-corrected chi connectivity index (χ3v) is 2.77. The number of carbonyl (C=O) groups excluding carboxylic acids is 1. The fourth-order valence-electron chi connectivity index (χ4n) is 1.96. The first kappa shape index (κ1) is 10.8. The monoisotopic (exact) mass is 222 g/mol. The number of fused-ring (bicyclic) bond motifs is 1. The predicted octanol–water partition coefficient (Wildman–Crippen LogP) is 1.85. The van der Waals surface area contributed by atoms with Crippen LogP contribution in [0.4, 0.5) is 0 Å². The van der Waals surface area contributed by atoms with E-state index in [0.717, 1.165) is 5.56 Å². The molecule has 0 amide bonds. The van der Waals surface area contributed by atoms with Gasteiger partial charge in [0, 0.05) is 11.0 Å². The lowest BCUT2D eigenvalue weighted by Crippen LogP contribution is -2.18. The van der Waals surface area contributed by atoms with Crippen LogP contribution in [0, 0.1) is 0 Å². The van der Waals surface area contributed by atoms with E-state index >= 15 is 0 Å². The maximum atomic E-state index is 11.3. The van der Waals surface area contributed by atoms with Crippen LogP contribution in [0.25, 0.3) is 0 Å². The van der Waals surface area contributed by atoms with E-state index in [1.165, 1.54) is 13.2 Å². The molecule has 4 heteroatoms. The van der Waals surface area contributed by atoms with E-state index in [1.807, 2.05) is 13.8 Å². The summed E-state index contributed by atoms with van der Waals surface area (Å²) in [5, 5.41) is 9.90. The minimum Gasteiger partial charge on any atom is -0.507 e. The number of rotatable bonds is 1. The normalized spacial score (nSPS) is 16.4. The van der Waals surface area contributed by atoms with Crippen LogP contribution in [0.1, 0.15) is 29.8 Å². The first-order valence-corrected chi connectivity index (χ1v) is 5.04. The van der Waals surface area contributed by atoms with Gasteiger partial charge in [-0.1, -0.05) is 13.8 Å². The zero-order chi connectivity index (χ0) is 11.9. The Balaban J connectivity index is 2.54. The van der Waals surface area contributed by atoms with E-state index in [9.17, 15) is 9.90 Å². The number of hydrogen-bond donors (Lipinski definition) is 1. The highest BCUT2D eigenvalue weighted by molar-refractivity contribution is 5.90. The fraction of sp³-hybridized carbons (Fsp3) is 0.417. The Kier molecular flexibility index (Phi) is 2.30. The second kappa shape index (κ2) is 3.40. The van der Waals surface area contributed by atoms with Gasteiger partial charge in [-0.3, -0.25) is 0 Å². The van der Waals surface area contributed by atoms with Crippen molar-refractivity contribution in [1.82, 2.24) is 0 Å². The van der Waals surface area contributed by atoms with Gasteiger partial charge in [0.15, 0.2) is 0 Å². The third-order valence-electron chi connectivity index (χ3n) is 2.77. The van der Waals surface area contributed by atoms with Gasteiger partial charge < -0.3 is 14.6 Å². The molecule has 0 radical (unpaired) electrons. The molecule has 1 aromatic rings. The molecule has 1 aliphatic rings. The molecule has 86 valence electrons. The minimum atomic E-state index is -0.480. The van der Waals surface area contributed by atoms with E-state index in [1.54, 1.807) is 6.07 Å². The summed E-state index contributed by atoms with van der Waals surface area (Å²) >= 11 is 0. The van der Waals surface area contributed by atoms with Gasteiger partial charge in [-0.15, -0.1) is 0 Å². The number of ether oxygens (including phenoxy) is 2. The lowest BCUT2D eigenvalue weighted by atomic mass is 9.86. The largest absolute Gasteiger partial charge is 0.507 e. The van der Waals surface area contributed by atoms with Gasteiger partial charge in [-0.05, 0) is 12.1 Å². The molecule has 4 nitrogen and oxygen atoms in total. The van der Waals surface area contributed by atoms with Crippen molar-refractivity contribution in [3.05, 3.63) is 23.3 Å². The number of aromatic hydroxyl groups is 1. The van der Waals surface area contributed by atoms with Gasteiger partial charge in [-0.2, -0.15) is 0 Å². The quantitative estimate of drug-likeness (QED) is 0.737. The molecule has 0 bridgehead atoms. The van der Waals surface area contributed by atoms with Crippen molar-refractivity contribution in [1.29, 1.82) is 0 Å². The number of methoxy groups -OCH3 is 1. The number of phenolic OH excluding ortho intramolecular Hbond substituents is 1. The molecule has 1 heterocycles. The Morgan fingerprint density at radius 3 is 2.81 bits per heavy atom. The number of hydrogen-bond acceptors (Lipinski definition) is 4. The molecule has 16 heavy (non-hydrogen) atoms. The minimum absolute atomic E-state index is 0.0837. The van der Waals surface area contributed by atoms with Crippen LogP contribution in [0.2, 0.25) is 0 Å². The Hall–Kier alpha value is -1.71. The fourth-order valence-corrected chi connectivity index (χ4v) is 1.96. The Labute approximate surface area is 93.8 Å². The lowest BCUT2D eigenvalue weighted by molar-refractivity contribution is 0.0600. The zero-order valence-electron chi connectivity index (χ0n) is 9.53.